The summed E-state index contributed by atoms with van der Waals surface area (Å²) in [5.41, 5.74) is 6.11. The van der Waals surface area contributed by atoms with Gasteiger partial charge < -0.3 is 19.2 Å². The molecule has 0 radical (unpaired) electrons. The van der Waals surface area contributed by atoms with Gasteiger partial charge in [-0.1, -0.05) is 12.1 Å². The van der Waals surface area contributed by atoms with E-state index in [0.717, 1.165) is 68.6 Å². The van der Waals surface area contributed by atoms with Gasteiger partial charge in [-0.05, 0) is 60.2 Å². The molecular formula is C26H28N2O5. The number of fused-ring (bicyclic) bond motifs is 2. The molecule has 1 N–H and O–H groups in total. The van der Waals surface area contributed by atoms with Crippen molar-refractivity contribution in [1.82, 2.24) is 4.90 Å². The molecule has 1 saturated heterocycles. The van der Waals surface area contributed by atoms with Gasteiger partial charge in [-0.3, -0.25) is 14.5 Å². The minimum atomic E-state index is -0.450. The fourth-order valence-electron chi connectivity index (χ4n) is 4.55. The fraction of sp³-hybridized carbons (Fsp3) is 0.385. The topological polar surface area (TPSA) is 81.0 Å². The summed E-state index contributed by atoms with van der Waals surface area (Å²) in [6.07, 6.45) is 4.99. The third-order valence-electron chi connectivity index (χ3n) is 6.31. The van der Waals surface area contributed by atoms with Crippen LogP contribution in [-0.2, 0) is 44.9 Å². The Balaban J connectivity index is 1.10. The van der Waals surface area contributed by atoms with Crippen LogP contribution in [0.5, 0.6) is 0 Å². The van der Waals surface area contributed by atoms with Crippen molar-refractivity contribution in [1.29, 1.82) is 0 Å². The van der Waals surface area contributed by atoms with Crippen LogP contribution in [0.3, 0.4) is 0 Å². The Bertz CT molecular complexity index is 1150. The van der Waals surface area contributed by atoms with E-state index in [1.807, 2.05) is 24.3 Å². The highest BCUT2D eigenvalue weighted by Crippen LogP contribution is 2.30. The molecule has 7 heteroatoms. The number of hydrogen-bond donors (Lipinski definition) is 1. The molecule has 3 aromatic rings. The van der Waals surface area contributed by atoms with Gasteiger partial charge in [0.05, 0.1) is 25.9 Å². The number of nitrogens with zero attached hydrogens (tertiary/aromatic N) is 1. The molecule has 33 heavy (non-hydrogen) atoms. The van der Waals surface area contributed by atoms with Crippen LogP contribution in [0.2, 0.25) is 0 Å². The van der Waals surface area contributed by atoms with Crippen molar-refractivity contribution >= 4 is 28.5 Å². The average Bonchev–Trinajstić information content (AvgIpc) is 3.45. The van der Waals surface area contributed by atoms with Crippen molar-refractivity contribution < 1.29 is 23.5 Å². The van der Waals surface area contributed by atoms with Crippen LogP contribution < -0.4 is 5.32 Å². The number of amides is 1. The third-order valence-corrected chi connectivity index (χ3v) is 6.31. The molecule has 7 nitrogen and oxygen atoms in total. The maximum Gasteiger partial charge on any atom is 0.310 e. The first-order valence-electron chi connectivity index (χ1n) is 11.5. The van der Waals surface area contributed by atoms with Gasteiger partial charge in [0.15, 0.2) is 6.61 Å². The standard InChI is InChI=1S/C26H28N2O5/c29-25(27-22-6-4-18(5-7-22)15-28-8-10-31-11-9-28)17-33-26(30)14-21-16-32-24-13-20-3-1-2-19(20)12-23(21)24/h4-7,12-13,16H,1-3,8-11,14-15,17H2,(H,27,29). The second kappa shape index (κ2) is 9.77. The van der Waals surface area contributed by atoms with Crippen LogP contribution in [0.25, 0.3) is 11.0 Å². The van der Waals surface area contributed by atoms with E-state index >= 15 is 0 Å². The van der Waals surface area contributed by atoms with E-state index in [1.54, 1.807) is 6.26 Å². The van der Waals surface area contributed by atoms with Gasteiger partial charge >= 0.3 is 5.97 Å². The predicted molar refractivity (Wildman–Crippen MR) is 124 cm³/mol. The number of morpholine rings is 1. The number of hydrogen-bond acceptors (Lipinski definition) is 6. The SMILES string of the molecule is O=C(COC(=O)Cc1coc2cc3c(cc12)CCC3)Nc1ccc(CN2CCOCC2)cc1. The number of furan rings is 1. The van der Waals surface area contributed by atoms with Gasteiger partial charge in [0.2, 0.25) is 0 Å². The fourth-order valence-corrected chi connectivity index (χ4v) is 4.55. The maximum atomic E-state index is 12.3. The van der Waals surface area contributed by atoms with Crippen molar-refractivity contribution in [2.24, 2.45) is 0 Å². The Hall–Kier alpha value is -3.16. The highest BCUT2D eigenvalue weighted by molar-refractivity contribution is 5.93. The Morgan fingerprint density at radius 1 is 1.03 bits per heavy atom. The molecule has 2 heterocycles. The van der Waals surface area contributed by atoms with Crippen LogP contribution in [0, 0.1) is 0 Å². The molecule has 2 aromatic carbocycles. The summed E-state index contributed by atoms with van der Waals surface area (Å²) in [4.78, 5) is 26.9. The summed E-state index contributed by atoms with van der Waals surface area (Å²) in [6.45, 7) is 3.94. The van der Waals surface area contributed by atoms with Gasteiger partial charge in [-0.25, -0.2) is 0 Å². The third kappa shape index (κ3) is 5.26. The lowest BCUT2D eigenvalue weighted by molar-refractivity contribution is -0.146. The van der Waals surface area contributed by atoms with E-state index < -0.39 is 5.97 Å². The quantitative estimate of drug-likeness (QED) is 0.558. The predicted octanol–water partition coefficient (Wildman–Crippen LogP) is 3.48. The van der Waals surface area contributed by atoms with Crippen LogP contribution in [0.4, 0.5) is 5.69 Å². The number of nitrogens with one attached hydrogen (secondary N) is 1. The van der Waals surface area contributed by atoms with Crippen LogP contribution in [-0.4, -0.2) is 49.7 Å². The minimum Gasteiger partial charge on any atom is -0.464 e. The Kier molecular flexibility index (Phi) is 6.41. The Labute approximate surface area is 192 Å². The van der Waals surface area contributed by atoms with E-state index in [0.29, 0.717) is 5.69 Å². The van der Waals surface area contributed by atoms with E-state index in [9.17, 15) is 9.59 Å². The molecular weight excluding hydrogens is 420 g/mol. The second-order valence-electron chi connectivity index (χ2n) is 8.70. The Morgan fingerprint density at radius 2 is 1.79 bits per heavy atom. The second-order valence-corrected chi connectivity index (χ2v) is 8.70. The van der Waals surface area contributed by atoms with Crippen LogP contribution in [0.15, 0.2) is 47.1 Å². The smallest absolute Gasteiger partial charge is 0.310 e. The molecule has 1 aromatic heterocycles. The first-order chi connectivity index (χ1) is 16.1. The zero-order valence-corrected chi connectivity index (χ0v) is 18.6. The first-order valence-corrected chi connectivity index (χ1v) is 11.5. The number of anilines is 1. The summed E-state index contributed by atoms with van der Waals surface area (Å²) in [6, 6.07) is 11.9. The lowest BCUT2D eigenvalue weighted by Gasteiger charge is -2.26. The van der Waals surface area contributed by atoms with E-state index in [1.165, 1.54) is 16.7 Å². The van der Waals surface area contributed by atoms with Crippen LogP contribution >= 0.6 is 0 Å². The monoisotopic (exact) mass is 448 g/mol. The number of ether oxygens (including phenoxy) is 2. The molecule has 1 amide bonds. The number of benzene rings is 2. The highest BCUT2D eigenvalue weighted by Gasteiger charge is 2.18. The molecule has 0 atom stereocenters. The Morgan fingerprint density at radius 3 is 2.58 bits per heavy atom. The zero-order valence-electron chi connectivity index (χ0n) is 18.6. The summed E-state index contributed by atoms with van der Waals surface area (Å²) in [7, 11) is 0. The molecule has 1 aliphatic carbocycles. The van der Waals surface area contributed by atoms with Crippen molar-refractivity contribution in [3.8, 4) is 0 Å². The molecule has 0 spiro atoms. The number of aryl methyl sites for hydroxylation is 2. The van der Waals surface area contributed by atoms with Crippen molar-refractivity contribution in [3.05, 3.63) is 64.9 Å². The van der Waals surface area contributed by atoms with Gasteiger partial charge in [-0.2, -0.15) is 0 Å². The number of carbonyl (C=O) groups excluding carboxylic acids is 2. The molecule has 172 valence electrons. The van der Waals surface area contributed by atoms with Gasteiger partial charge in [-0.15, -0.1) is 0 Å². The summed E-state index contributed by atoms with van der Waals surface area (Å²) in [5.74, 6) is -0.812. The molecule has 1 aliphatic heterocycles. The summed E-state index contributed by atoms with van der Waals surface area (Å²) in [5, 5.41) is 3.73. The van der Waals surface area contributed by atoms with Gasteiger partial charge in [0, 0.05) is 36.3 Å². The van der Waals surface area contributed by atoms with Crippen molar-refractivity contribution in [3.63, 3.8) is 0 Å². The molecule has 0 bridgehead atoms. The van der Waals surface area contributed by atoms with E-state index in [2.05, 4.69) is 22.3 Å². The normalized spacial score (nSPS) is 16.0. The van der Waals surface area contributed by atoms with Gasteiger partial charge in [0.1, 0.15) is 5.58 Å². The average molecular weight is 449 g/mol. The number of carbonyl (C=O) groups is 2. The van der Waals surface area contributed by atoms with Crippen molar-refractivity contribution in [2.45, 2.75) is 32.2 Å². The lowest BCUT2D eigenvalue weighted by Crippen LogP contribution is -2.35. The molecule has 5 rings (SSSR count). The van der Waals surface area contributed by atoms with E-state index in [4.69, 9.17) is 13.9 Å². The molecule has 2 aliphatic rings. The highest BCUT2D eigenvalue weighted by atomic mass is 16.5. The lowest BCUT2D eigenvalue weighted by atomic mass is 10.0. The summed E-state index contributed by atoms with van der Waals surface area (Å²) < 4.78 is 16.2. The first kappa shape index (κ1) is 21.7. The largest absolute Gasteiger partial charge is 0.464 e. The van der Waals surface area contributed by atoms with Crippen molar-refractivity contribution in [2.75, 3.05) is 38.2 Å². The number of esters is 1. The number of rotatable bonds is 7. The zero-order chi connectivity index (χ0) is 22.6. The minimum absolute atomic E-state index is 0.0787. The van der Waals surface area contributed by atoms with Gasteiger partial charge in [0.25, 0.3) is 5.91 Å². The molecule has 1 fully saturated rings. The maximum absolute atomic E-state index is 12.3. The van der Waals surface area contributed by atoms with E-state index in [-0.39, 0.29) is 18.9 Å². The van der Waals surface area contributed by atoms with Crippen LogP contribution in [0.1, 0.15) is 28.7 Å². The molecule has 0 unspecified atom stereocenters. The molecule has 0 saturated carbocycles. The summed E-state index contributed by atoms with van der Waals surface area (Å²) >= 11 is 0.